The van der Waals surface area contributed by atoms with Gasteiger partial charge in [-0.3, -0.25) is 4.79 Å². The van der Waals surface area contributed by atoms with E-state index in [0.29, 0.717) is 0 Å². The molecule has 4 nitrogen and oxygen atoms in total. The van der Waals surface area contributed by atoms with Gasteiger partial charge in [-0.1, -0.05) is 20.3 Å². The smallest absolute Gasteiger partial charge is 0.270 e. The molecule has 0 bridgehead atoms. The van der Waals surface area contributed by atoms with Crippen molar-refractivity contribution in [2.45, 2.75) is 43.9 Å². The van der Waals surface area contributed by atoms with Crippen LogP contribution in [0.25, 0.3) is 0 Å². The predicted octanol–water partition coefficient (Wildman–Crippen LogP) is 3.29. The van der Waals surface area contributed by atoms with E-state index in [2.05, 4.69) is 5.32 Å². The Bertz CT molecular complexity index is 539. The zero-order valence-corrected chi connectivity index (χ0v) is 13.5. The van der Waals surface area contributed by atoms with Crippen LogP contribution < -0.4 is 5.32 Å². The van der Waals surface area contributed by atoms with Crippen molar-refractivity contribution in [2.24, 2.45) is 5.92 Å². The van der Waals surface area contributed by atoms with Crippen molar-refractivity contribution in [1.29, 1.82) is 0 Å². The monoisotopic (exact) mass is 323 g/mol. The number of nitrogens with one attached hydrogen (secondary N) is 1. The molecular weight excluding hydrogens is 306 g/mol. The van der Waals surface area contributed by atoms with Crippen molar-refractivity contribution in [3.05, 3.63) is 17.0 Å². The minimum absolute atomic E-state index is 0.0157. The van der Waals surface area contributed by atoms with E-state index in [9.17, 15) is 13.2 Å². The maximum Gasteiger partial charge on any atom is 0.270 e. The minimum Gasteiger partial charge on any atom is -0.349 e. The summed E-state index contributed by atoms with van der Waals surface area (Å²) in [6.07, 6.45) is 1.79. The van der Waals surface area contributed by atoms with E-state index in [-0.39, 0.29) is 22.1 Å². The van der Waals surface area contributed by atoms with Gasteiger partial charge < -0.3 is 5.32 Å². The van der Waals surface area contributed by atoms with Crippen LogP contribution in [0, 0.1) is 5.92 Å². The zero-order chi connectivity index (χ0) is 14.6. The van der Waals surface area contributed by atoms with Gasteiger partial charge in [-0.25, -0.2) is 8.42 Å². The first-order valence-electron chi connectivity index (χ1n) is 6.10. The van der Waals surface area contributed by atoms with Crippen LogP contribution >= 0.6 is 22.0 Å². The van der Waals surface area contributed by atoms with Gasteiger partial charge in [-0.2, -0.15) is 0 Å². The summed E-state index contributed by atoms with van der Waals surface area (Å²) in [6.45, 7) is 5.74. The van der Waals surface area contributed by atoms with Gasteiger partial charge in [0.1, 0.15) is 4.21 Å². The second-order valence-electron chi connectivity index (χ2n) is 4.51. The Morgan fingerprint density at radius 2 is 2.05 bits per heavy atom. The molecule has 0 radical (unpaired) electrons. The molecule has 1 aromatic rings. The summed E-state index contributed by atoms with van der Waals surface area (Å²) in [5, 5.41) is 2.88. The molecule has 0 aliphatic heterocycles. The molecular formula is C12H18ClNO3S2. The number of hydrogen-bond acceptors (Lipinski definition) is 4. The molecule has 0 spiro atoms. The fourth-order valence-corrected chi connectivity index (χ4v) is 3.78. The van der Waals surface area contributed by atoms with E-state index >= 15 is 0 Å². The first-order chi connectivity index (χ1) is 8.75. The lowest BCUT2D eigenvalue weighted by atomic mass is 10.1. The summed E-state index contributed by atoms with van der Waals surface area (Å²) < 4.78 is 22.4. The van der Waals surface area contributed by atoms with Crippen molar-refractivity contribution >= 4 is 37.0 Å². The largest absolute Gasteiger partial charge is 0.349 e. The van der Waals surface area contributed by atoms with Crippen molar-refractivity contribution < 1.29 is 13.2 Å². The molecule has 0 aliphatic carbocycles. The third-order valence-corrected chi connectivity index (χ3v) is 6.16. The maximum absolute atomic E-state index is 11.9. The Balaban J connectivity index is 2.71. The average Bonchev–Trinajstić information content (AvgIpc) is 2.78. The van der Waals surface area contributed by atoms with Gasteiger partial charge in [0.25, 0.3) is 9.05 Å². The molecule has 19 heavy (non-hydrogen) atoms. The van der Waals surface area contributed by atoms with E-state index in [1.165, 1.54) is 6.07 Å². The molecule has 0 aromatic carbocycles. The molecule has 1 heterocycles. The molecule has 7 heteroatoms. The highest BCUT2D eigenvalue weighted by molar-refractivity contribution is 8.15. The molecule has 1 rings (SSSR count). The fraction of sp³-hybridized carbons (Fsp3) is 0.583. The van der Waals surface area contributed by atoms with Crippen LogP contribution in [0.4, 0.5) is 0 Å². The zero-order valence-electron chi connectivity index (χ0n) is 11.1. The standard InChI is InChI=1S/C12H18ClNO3S2/c1-4-5-8(2)12(15)14-9(3)10-6-7-11(18-10)19(13,16)17/h6-9H,4-5H2,1-3H3,(H,14,15). The Labute approximate surface area is 122 Å². The maximum atomic E-state index is 11.9. The summed E-state index contributed by atoms with van der Waals surface area (Å²) in [7, 11) is 1.58. The minimum atomic E-state index is -3.69. The Hall–Kier alpha value is -0.590. The number of hydrogen-bond donors (Lipinski definition) is 1. The number of rotatable bonds is 6. The molecule has 2 atom stereocenters. The summed E-state index contributed by atoms with van der Waals surface area (Å²) in [5.74, 6) is -0.0540. The normalized spacial score (nSPS) is 14.9. The van der Waals surface area contributed by atoms with E-state index < -0.39 is 9.05 Å². The van der Waals surface area contributed by atoms with E-state index in [1.54, 1.807) is 6.07 Å². The van der Waals surface area contributed by atoms with Crippen molar-refractivity contribution in [3.63, 3.8) is 0 Å². The Morgan fingerprint density at radius 3 is 2.53 bits per heavy atom. The first-order valence-corrected chi connectivity index (χ1v) is 9.23. The summed E-state index contributed by atoms with van der Waals surface area (Å²) in [4.78, 5) is 12.6. The number of carbonyl (C=O) groups is 1. The molecule has 0 aliphatic rings. The van der Waals surface area contributed by atoms with Crippen LogP contribution in [-0.2, 0) is 13.8 Å². The summed E-state index contributed by atoms with van der Waals surface area (Å²) in [6, 6.07) is 2.92. The van der Waals surface area contributed by atoms with Crippen molar-refractivity contribution in [2.75, 3.05) is 0 Å². The van der Waals surface area contributed by atoms with Crippen LogP contribution in [0.2, 0.25) is 0 Å². The third kappa shape index (κ3) is 4.78. The highest BCUT2D eigenvalue weighted by Gasteiger charge is 2.19. The molecule has 1 amide bonds. The van der Waals surface area contributed by atoms with Gasteiger partial charge in [0.15, 0.2) is 0 Å². The first kappa shape index (κ1) is 16.5. The molecule has 0 saturated carbocycles. The van der Waals surface area contributed by atoms with Crippen LogP contribution in [0.15, 0.2) is 16.3 Å². The van der Waals surface area contributed by atoms with Crippen LogP contribution in [0.3, 0.4) is 0 Å². The van der Waals surface area contributed by atoms with Gasteiger partial charge >= 0.3 is 0 Å². The van der Waals surface area contributed by atoms with Gasteiger partial charge in [-0.15, -0.1) is 11.3 Å². The highest BCUT2D eigenvalue weighted by atomic mass is 35.7. The van der Waals surface area contributed by atoms with E-state index in [0.717, 1.165) is 29.1 Å². The third-order valence-electron chi connectivity index (χ3n) is 2.80. The number of amides is 1. The second-order valence-corrected chi connectivity index (χ2v) is 8.42. The molecule has 0 saturated heterocycles. The van der Waals surface area contributed by atoms with Gasteiger partial charge in [-0.05, 0) is 25.5 Å². The summed E-state index contributed by atoms with van der Waals surface area (Å²) in [5.41, 5.74) is 0. The lowest BCUT2D eigenvalue weighted by Crippen LogP contribution is -2.31. The van der Waals surface area contributed by atoms with E-state index in [1.807, 2.05) is 20.8 Å². The van der Waals surface area contributed by atoms with Gasteiger partial charge in [0.2, 0.25) is 5.91 Å². The molecule has 2 unspecified atom stereocenters. The average molecular weight is 324 g/mol. The highest BCUT2D eigenvalue weighted by Crippen LogP contribution is 2.28. The van der Waals surface area contributed by atoms with Crippen LogP contribution in [0.5, 0.6) is 0 Å². The molecule has 1 N–H and O–H groups in total. The number of thiophene rings is 1. The quantitative estimate of drug-likeness (QED) is 0.817. The molecule has 1 aromatic heterocycles. The predicted molar refractivity (Wildman–Crippen MR) is 78.0 cm³/mol. The topological polar surface area (TPSA) is 63.2 Å². The van der Waals surface area contributed by atoms with Crippen LogP contribution in [-0.4, -0.2) is 14.3 Å². The molecule has 108 valence electrons. The number of carbonyl (C=O) groups excluding carboxylic acids is 1. The number of halogens is 1. The molecule has 0 fully saturated rings. The van der Waals surface area contributed by atoms with Crippen molar-refractivity contribution in [1.82, 2.24) is 5.32 Å². The second kappa shape index (κ2) is 6.72. The Kier molecular flexibility index (Phi) is 5.82. The van der Waals surface area contributed by atoms with E-state index in [4.69, 9.17) is 10.7 Å². The van der Waals surface area contributed by atoms with Crippen molar-refractivity contribution in [3.8, 4) is 0 Å². The lowest BCUT2D eigenvalue weighted by molar-refractivity contribution is -0.125. The fourth-order valence-electron chi connectivity index (χ4n) is 1.69. The van der Waals surface area contributed by atoms with Gasteiger partial charge in [0, 0.05) is 21.5 Å². The SMILES string of the molecule is CCCC(C)C(=O)NC(C)c1ccc(S(=O)(=O)Cl)s1. The summed E-state index contributed by atoms with van der Waals surface area (Å²) >= 11 is 1.08. The Morgan fingerprint density at radius 1 is 1.42 bits per heavy atom. The lowest BCUT2D eigenvalue weighted by Gasteiger charge is -2.16. The van der Waals surface area contributed by atoms with Crippen LogP contribution in [0.1, 0.15) is 44.5 Å². The van der Waals surface area contributed by atoms with Gasteiger partial charge in [0.05, 0.1) is 6.04 Å².